The number of nitrogens with zero attached hydrogens (tertiary/aromatic N) is 1. The normalized spacial score (nSPS) is 23.4. The lowest BCUT2D eigenvalue weighted by Crippen LogP contribution is -2.57. The van der Waals surface area contributed by atoms with Crippen molar-refractivity contribution in [1.82, 2.24) is 0 Å². The largest absolute Gasteiger partial charge is 0.456 e. The average molecular weight is 876 g/mol. The van der Waals surface area contributed by atoms with E-state index in [4.69, 9.17) is 4.42 Å². The summed E-state index contributed by atoms with van der Waals surface area (Å²) in [5, 5.41) is 2.24. The molecule has 0 unspecified atom stereocenters. The van der Waals surface area contributed by atoms with E-state index in [-0.39, 0.29) is 10.8 Å². The van der Waals surface area contributed by atoms with Crippen LogP contribution >= 0.6 is 0 Å². The molecule has 0 atom stereocenters. The van der Waals surface area contributed by atoms with Crippen LogP contribution in [0.4, 0.5) is 17.1 Å². The molecule has 4 fully saturated rings. The fourth-order valence-electron chi connectivity index (χ4n) is 14.4. The summed E-state index contributed by atoms with van der Waals surface area (Å²) in [6.07, 6.45) is 6.01. The van der Waals surface area contributed by atoms with Gasteiger partial charge in [0.25, 0.3) is 0 Å². The van der Waals surface area contributed by atoms with Crippen molar-refractivity contribution in [3.05, 3.63) is 198 Å². The molecule has 0 N–H and O–H groups in total. The Hall–Kier alpha value is -6.69. The molecule has 0 saturated heterocycles. The first-order valence-electron chi connectivity index (χ1n) is 23.8. The maximum absolute atomic E-state index is 14.8. The van der Waals surface area contributed by atoms with Crippen LogP contribution in [-0.4, -0.2) is 8.42 Å². The van der Waals surface area contributed by atoms with E-state index in [0.717, 1.165) is 84.2 Å². The molecule has 5 aliphatic carbocycles. The molecule has 5 heteroatoms. The van der Waals surface area contributed by atoms with Gasteiger partial charge < -0.3 is 9.32 Å². The zero-order valence-corrected chi connectivity index (χ0v) is 38.0. The fraction of sp³-hybridized carbons (Fsp3) is 0.213. The Morgan fingerprint density at radius 2 is 1.03 bits per heavy atom. The molecule has 1 aromatic heterocycles. The second-order valence-corrected chi connectivity index (χ2v) is 22.3. The summed E-state index contributed by atoms with van der Waals surface area (Å²) in [7, 11) is -3.75. The van der Waals surface area contributed by atoms with E-state index < -0.39 is 9.84 Å². The molecule has 0 amide bonds. The van der Waals surface area contributed by atoms with Gasteiger partial charge in [-0.3, -0.25) is 0 Å². The molecule has 1 aliphatic heterocycles. The van der Waals surface area contributed by atoms with E-state index >= 15 is 0 Å². The molecule has 0 radical (unpaired) electrons. The maximum atomic E-state index is 14.8. The molecular weight excluding hydrogens is 827 g/mol. The van der Waals surface area contributed by atoms with Crippen molar-refractivity contribution >= 4 is 48.8 Å². The highest BCUT2D eigenvalue weighted by atomic mass is 32.2. The number of furan rings is 1. The van der Waals surface area contributed by atoms with Gasteiger partial charge in [0.2, 0.25) is 9.84 Å². The van der Waals surface area contributed by atoms with Crippen LogP contribution in [0.15, 0.2) is 190 Å². The van der Waals surface area contributed by atoms with Crippen molar-refractivity contribution < 1.29 is 12.8 Å². The molecule has 322 valence electrons. The average Bonchev–Trinajstić information content (AvgIpc) is 3.83. The lowest BCUT2D eigenvalue weighted by Gasteiger charge is -2.63. The first-order chi connectivity index (χ1) is 32.2. The second-order valence-electron chi connectivity index (χ2n) is 20.5. The summed E-state index contributed by atoms with van der Waals surface area (Å²) in [5.74, 6) is 2.30. The van der Waals surface area contributed by atoms with Crippen LogP contribution in [-0.2, 0) is 20.7 Å². The lowest BCUT2D eigenvalue weighted by atomic mass is 9.42. The smallest absolute Gasteiger partial charge is 0.207 e. The van der Waals surface area contributed by atoms with E-state index in [9.17, 15) is 8.42 Å². The summed E-state index contributed by atoms with van der Waals surface area (Å²) >= 11 is 0. The van der Waals surface area contributed by atoms with Gasteiger partial charge in [0.1, 0.15) is 11.2 Å². The van der Waals surface area contributed by atoms with Crippen molar-refractivity contribution in [2.75, 3.05) is 4.90 Å². The third-order valence-electron chi connectivity index (χ3n) is 16.9. The van der Waals surface area contributed by atoms with Gasteiger partial charge in [-0.25, -0.2) is 8.42 Å². The van der Waals surface area contributed by atoms with Crippen molar-refractivity contribution in [3.8, 4) is 33.4 Å². The van der Waals surface area contributed by atoms with Crippen LogP contribution in [0.2, 0.25) is 0 Å². The summed E-state index contributed by atoms with van der Waals surface area (Å²) in [4.78, 5) is 3.39. The Morgan fingerprint density at radius 1 is 0.470 bits per heavy atom. The highest BCUT2D eigenvalue weighted by Gasteiger charge is 2.62. The summed E-state index contributed by atoms with van der Waals surface area (Å²) in [6, 6.07) is 62.4. The molecule has 8 aromatic carbocycles. The predicted octanol–water partition coefficient (Wildman–Crippen LogP) is 15.6. The van der Waals surface area contributed by atoms with E-state index in [1.54, 1.807) is 0 Å². The van der Waals surface area contributed by atoms with Crippen LogP contribution in [0.1, 0.15) is 68.2 Å². The van der Waals surface area contributed by atoms with Gasteiger partial charge in [0.15, 0.2) is 0 Å². The Kier molecular flexibility index (Phi) is 8.00. The highest BCUT2D eigenvalue weighted by molar-refractivity contribution is 7.91. The lowest BCUT2D eigenvalue weighted by molar-refractivity contribution is -0.0446. The van der Waals surface area contributed by atoms with Gasteiger partial charge in [-0.05, 0) is 172 Å². The van der Waals surface area contributed by atoms with Crippen LogP contribution in [0.5, 0.6) is 0 Å². The molecule has 2 heterocycles. The molecule has 4 bridgehead atoms. The Balaban J connectivity index is 0.955. The van der Waals surface area contributed by atoms with Gasteiger partial charge >= 0.3 is 0 Å². The van der Waals surface area contributed by atoms with Crippen LogP contribution in [0, 0.1) is 23.7 Å². The minimum atomic E-state index is -3.75. The SMILES string of the molecule is CC1(C)c2ccccc2-c2ccc(N(c3ccc(-c4ccccc4-c4cccc5oc6ccccc6c45)cc3)c3ccc4c(c3)C3(c5ccccc5S4(=O)=O)[C@H]4C[C@H]5C[C@H](C[C@H]3C5)C4)cc21. The Morgan fingerprint density at radius 3 is 1.80 bits per heavy atom. The Labute approximate surface area is 386 Å². The number of hydrogen-bond acceptors (Lipinski definition) is 4. The number of rotatable bonds is 5. The first kappa shape index (κ1) is 38.6. The van der Waals surface area contributed by atoms with Gasteiger partial charge in [-0.1, -0.05) is 129 Å². The molecule has 15 rings (SSSR count). The van der Waals surface area contributed by atoms with E-state index in [2.05, 4.69) is 164 Å². The number of fused-ring (bicyclic) bond motifs is 8. The summed E-state index contributed by atoms with van der Waals surface area (Å²) < 4.78 is 36.0. The molecule has 1 spiro atoms. The van der Waals surface area contributed by atoms with Gasteiger partial charge in [0.05, 0.1) is 9.79 Å². The molecule has 66 heavy (non-hydrogen) atoms. The third kappa shape index (κ3) is 5.18. The summed E-state index contributed by atoms with van der Waals surface area (Å²) in [5.41, 5.74) is 16.1. The molecule has 6 aliphatic rings. The number of sulfone groups is 1. The minimum absolute atomic E-state index is 0.192. The van der Waals surface area contributed by atoms with Gasteiger partial charge in [0, 0.05) is 38.7 Å². The molecule has 4 saturated carbocycles. The number of hydrogen-bond donors (Lipinski definition) is 0. The van der Waals surface area contributed by atoms with E-state index in [1.165, 1.54) is 54.4 Å². The number of anilines is 3. The first-order valence-corrected chi connectivity index (χ1v) is 25.3. The van der Waals surface area contributed by atoms with E-state index in [1.807, 2.05) is 30.3 Å². The third-order valence-corrected chi connectivity index (χ3v) is 18.8. The monoisotopic (exact) mass is 875 g/mol. The fourth-order valence-corrected chi connectivity index (χ4v) is 16.2. The quantitative estimate of drug-likeness (QED) is 0.173. The predicted molar refractivity (Wildman–Crippen MR) is 267 cm³/mol. The second kappa shape index (κ2) is 13.7. The standard InChI is InChI=1S/C61H49NO3S/c1-60(2)51-17-7-5-14-47(51)48-28-26-43(35-53(48)60)62(42-24-22-39(23-25-42)45-12-3-4-13-46(45)49-16-11-20-56-59(49)50-15-6-9-19-55(50)65-56)44-27-29-58-54(36-44)61(52-18-8-10-21-57(52)66(58,63)64)40-31-37-30-38(33-40)34-41(61)32-37/h3-29,35-38,40-41H,30-34H2,1-2H3/t37-,38+,40+,41-,61?. The molecular formula is C61H49NO3S. The minimum Gasteiger partial charge on any atom is -0.456 e. The highest BCUT2D eigenvalue weighted by Crippen LogP contribution is 2.68. The molecule has 4 nitrogen and oxygen atoms in total. The van der Waals surface area contributed by atoms with Crippen LogP contribution < -0.4 is 4.90 Å². The zero-order chi connectivity index (χ0) is 44.1. The van der Waals surface area contributed by atoms with Crippen LogP contribution in [0.3, 0.4) is 0 Å². The number of para-hydroxylation sites is 1. The van der Waals surface area contributed by atoms with Crippen molar-refractivity contribution in [2.45, 2.75) is 66.6 Å². The van der Waals surface area contributed by atoms with Gasteiger partial charge in [-0.2, -0.15) is 0 Å². The summed E-state index contributed by atoms with van der Waals surface area (Å²) in [6.45, 7) is 4.67. The Bertz CT molecular complexity index is 3590. The van der Waals surface area contributed by atoms with Crippen molar-refractivity contribution in [2.24, 2.45) is 23.7 Å². The molecule has 9 aromatic rings. The van der Waals surface area contributed by atoms with Gasteiger partial charge in [-0.15, -0.1) is 0 Å². The van der Waals surface area contributed by atoms with E-state index in [0.29, 0.717) is 21.6 Å². The van der Waals surface area contributed by atoms with Crippen molar-refractivity contribution in [3.63, 3.8) is 0 Å². The zero-order valence-electron chi connectivity index (χ0n) is 37.2. The topological polar surface area (TPSA) is 50.5 Å². The number of benzene rings is 8. The van der Waals surface area contributed by atoms with Crippen LogP contribution in [0.25, 0.3) is 55.3 Å². The van der Waals surface area contributed by atoms with Crippen molar-refractivity contribution in [1.29, 1.82) is 0 Å². The maximum Gasteiger partial charge on any atom is 0.207 e.